The van der Waals surface area contributed by atoms with Crippen molar-refractivity contribution in [1.29, 1.82) is 0 Å². The van der Waals surface area contributed by atoms with E-state index in [1.165, 1.54) is 0 Å². The van der Waals surface area contributed by atoms with Crippen LogP contribution in [0.1, 0.15) is 48.9 Å². The first-order valence-corrected chi connectivity index (χ1v) is 7.82. The van der Waals surface area contributed by atoms with Crippen LogP contribution in [-0.4, -0.2) is 20.2 Å². The number of aromatic nitrogens is 3. The molecule has 4 nitrogen and oxygen atoms in total. The van der Waals surface area contributed by atoms with Crippen LogP contribution in [0.2, 0.25) is 0 Å². The standard InChI is InChI=1S/C18H19N3O/c1-4-13-16-12(9-18(2,3)10-15(16)22)20-17-19-11-7-5-6-8-14(11)21(13)17/h5-8H,4,9-10H2,1-3H3. The molecule has 0 amide bonds. The van der Waals surface area contributed by atoms with Gasteiger partial charge >= 0.3 is 0 Å². The molecule has 4 heteroatoms. The van der Waals surface area contributed by atoms with Crippen molar-refractivity contribution < 1.29 is 4.79 Å². The zero-order chi connectivity index (χ0) is 15.5. The summed E-state index contributed by atoms with van der Waals surface area (Å²) < 4.78 is 2.06. The lowest BCUT2D eigenvalue weighted by Crippen LogP contribution is -2.30. The van der Waals surface area contributed by atoms with Crippen molar-refractivity contribution in [3.8, 4) is 0 Å². The van der Waals surface area contributed by atoms with Crippen LogP contribution in [0.3, 0.4) is 0 Å². The SMILES string of the molecule is CCc1c2c(nc3nc4ccccc4n13)CC(C)(C)CC2=O. The van der Waals surface area contributed by atoms with Gasteiger partial charge in [0.25, 0.3) is 0 Å². The van der Waals surface area contributed by atoms with Gasteiger partial charge in [0.2, 0.25) is 5.78 Å². The molecule has 22 heavy (non-hydrogen) atoms. The average molecular weight is 293 g/mol. The van der Waals surface area contributed by atoms with Crippen LogP contribution >= 0.6 is 0 Å². The Hall–Kier alpha value is -2.23. The smallest absolute Gasteiger partial charge is 0.235 e. The van der Waals surface area contributed by atoms with E-state index in [2.05, 4.69) is 30.2 Å². The molecule has 0 aliphatic heterocycles. The van der Waals surface area contributed by atoms with E-state index in [0.29, 0.717) is 12.2 Å². The fourth-order valence-electron chi connectivity index (χ4n) is 3.63. The second kappa shape index (κ2) is 4.38. The van der Waals surface area contributed by atoms with E-state index in [0.717, 1.165) is 40.8 Å². The molecule has 112 valence electrons. The van der Waals surface area contributed by atoms with Crippen LogP contribution in [0.15, 0.2) is 24.3 Å². The lowest BCUT2D eigenvalue weighted by Gasteiger charge is -2.30. The molecule has 3 aromatic rings. The fraction of sp³-hybridized carbons (Fsp3) is 0.389. The molecule has 0 N–H and O–H groups in total. The highest BCUT2D eigenvalue weighted by Gasteiger charge is 2.34. The summed E-state index contributed by atoms with van der Waals surface area (Å²) in [5.41, 5.74) is 4.74. The van der Waals surface area contributed by atoms with E-state index in [1.807, 2.05) is 24.3 Å². The number of benzene rings is 1. The van der Waals surface area contributed by atoms with Crippen LogP contribution in [0.4, 0.5) is 0 Å². The van der Waals surface area contributed by atoms with Crippen LogP contribution in [0.5, 0.6) is 0 Å². The number of fused-ring (bicyclic) bond motifs is 4. The van der Waals surface area contributed by atoms with Crippen LogP contribution in [0.25, 0.3) is 16.8 Å². The van der Waals surface area contributed by atoms with Gasteiger partial charge in [-0.1, -0.05) is 32.9 Å². The molecular weight excluding hydrogens is 274 g/mol. The van der Waals surface area contributed by atoms with Crippen molar-refractivity contribution in [3.63, 3.8) is 0 Å². The zero-order valence-corrected chi connectivity index (χ0v) is 13.2. The molecule has 1 aliphatic carbocycles. The summed E-state index contributed by atoms with van der Waals surface area (Å²) >= 11 is 0. The van der Waals surface area contributed by atoms with Gasteiger partial charge in [-0.05, 0) is 30.4 Å². The predicted octanol–water partition coefficient (Wildman–Crippen LogP) is 3.60. The highest BCUT2D eigenvalue weighted by molar-refractivity contribution is 6.00. The first kappa shape index (κ1) is 13.4. The van der Waals surface area contributed by atoms with E-state index in [9.17, 15) is 4.79 Å². The number of aryl methyl sites for hydroxylation is 1. The van der Waals surface area contributed by atoms with Crippen LogP contribution < -0.4 is 0 Å². The second-order valence-corrected chi connectivity index (χ2v) is 6.91. The van der Waals surface area contributed by atoms with Crippen LogP contribution in [0, 0.1) is 5.41 Å². The first-order chi connectivity index (χ1) is 10.5. The fourth-order valence-corrected chi connectivity index (χ4v) is 3.63. The number of hydrogen-bond donors (Lipinski definition) is 0. The van der Waals surface area contributed by atoms with Gasteiger partial charge in [0.05, 0.1) is 22.3 Å². The van der Waals surface area contributed by atoms with Crippen molar-refractivity contribution in [1.82, 2.24) is 14.4 Å². The molecule has 2 heterocycles. The molecule has 4 rings (SSSR count). The Morgan fingerprint density at radius 3 is 2.73 bits per heavy atom. The molecule has 0 saturated carbocycles. The molecule has 1 aliphatic rings. The van der Waals surface area contributed by atoms with Crippen molar-refractivity contribution in [2.75, 3.05) is 0 Å². The van der Waals surface area contributed by atoms with E-state index in [-0.39, 0.29) is 11.2 Å². The molecule has 2 aromatic heterocycles. The summed E-state index contributed by atoms with van der Waals surface area (Å²) in [6.45, 7) is 6.36. The Balaban J connectivity index is 2.14. The first-order valence-electron chi connectivity index (χ1n) is 7.82. The summed E-state index contributed by atoms with van der Waals surface area (Å²) in [6, 6.07) is 8.02. The average Bonchev–Trinajstić information content (AvgIpc) is 2.81. The van der Waals surface area contributed by atoms with Gasteiger partial charge in [0, 0.05) is 12.1 Å². The zero-order valence-electron chi connectivity index (χ0n) is 13.2. The highest BCUT2D eigenvalue weighted by Crippen LogP contribution is 2.36. The van der Waals surface area contributed by atoms with Crippen molar-refractivity contribution in [3.05, 3.63) is 41.2 Å². The quantitative estimate of drug-likeness (QED) is 0.688. The monoisotopic (exact) mass is 293 g/mol. The molecule has 0 atom stereocenters. The van der Waals surface area contributed by atoms with Gasteiger partial charge in [-0.15, -0.1) is 0 Å². The molecular formula is C18H19N3O. The summed E-state index contributed by atoms with van der Waals surface area (Å²) in [4.78, 5) is 22.1. The van der Waals surface area contributed by atoms with Crippen molar-refractivity contribution >= 4 is 22.6 Å². The van der Waals surface area contributed by atoms with E-state index in [4.69, 9.17) is 4.98 Å². The Morgan fingerprint density at radius 1 is 1.18 bits per heavy atom. The van der Waals surface area contributed by atoms with Gasteiger partial charge < -0.3 is 0 Å². The maximum Gasteiger partial charge on any atom is 0.235 e. The number of Topliss-reactive ketones (excluding diaryl/α,β-unsaturated/α-hetero) is 1. The van der Waals surface area contributed by atoms with Crippen LogP contribution in [-0.2, 0) is 12.8 Å². The van der Waals surface area contributed by atoms with Crippen molar-refractivity contribution in [2.24, 2.45) is 5.41 Å². The maximum atomic E-state index is 12.7. The molecule has 0 unspecified atom stereocenters. The Morgan fingerprint density at radius 2 is 1.95 bits per heavy atom. The maximum absolute atomic E-state index is 12.7. The van der Waals surface area contributed by atoms with Gasteiger partial charge in [-0.25, -0.2) is 9.97 Å². The third kappa shape index (κ3) is 1.79. The molecule has 0 spiro atoms. The lowest BCUT2D eigenvalue weighted by molar-refractivity contribution is 0.0908. The summed E-state index contributed by atoms with van der Waals surface area (Å²) in [5, 5.41) is 0. The third-order valence-electron chi connectivity index (χ3n) is 4.52. The topological polar surface area (TPSA) is 47.3 Å². The molecule has 0 fully saturated rings. The van der Waals surface area contributed by atoms with Gasteiger partial charge in [0.15, 0.2) is 5.78 Å². The largest absolute Gasteiger partial charge is 0.294 e. The van der Waals surface area contributed by atoms with Gasteiger partial charge in [-0.3, -0.25) is 9.20 Å². The second-order valence-electron chi connectivity index (χ2n) is 6.91. The minimum Gasteiger partial charge on any atom is -0.294 e. The highest BCUT2D eigenvalue weighted by atomic mass is 16.1. The number of imidazole rings is 1. The van der Waals surface area contributed by atoms with Crippen molar-refractivity contribution in [2.45, 2.75) is 40.0 Å². The number of hydrogen-bond acceptors (Lipinski definition) is 3. The van der Waals surface area contributed by atoms with Gasteiger partial charge in [-0.2, -0.15) is 0 Å². The number of nitrogens with zero attached hydrogens (tertiary/aromatic N) is 3. The van der Waals surface area contributed by atoms with E-state index in [1.54, 1.807) is 0 Å². The number of para-hydroxylation sites is 2. The third-order valence-corrected chi connectivity index (χ3v) is 4.52. The summed E-state index contributed by atoms with van der Waals surface area (Å²) in [7, 11) is 0. The number of carbonyl (C=O) groups is 1. The van der Waals surface area contributed by atoms with E-state index < -0.39 is 0 Å². The normalized spacial score (nSPS) is 17.1. The number of carbonyl (C=O) groups excluding carboxylic acids is 1. The molecule has 0 radical (unpaired) electrons. The minimum absolute atomic E-state index is 0.0214. The molecule has 1 aromatic carbocycles. The Bertz CT molecular complexity index is 921. The Kier molecular flexibility index (Phi) is 2.68. The summed E-state index contributed by atoms with van der Waals surface area (Å²) in [5.74, 6) is 0.928. The Labute approximate surface area is 129 Å². The minimum atomic E-state index is -0.0214. The number of ketones is 1. The molecule has 0 bridgehead atoms. The molecule has 0 saturated heterocycles. The van der Waals surface area contributed by atoms with E-state index >= 15 is 0 Å². The number of rotatable bonds is 1. The summed E-state index contributed by atoms with van der Waals surface area (Å²) in [6.07, 6.45) is 2.22. The van der Waals surface area contributed by atoms with Gasteiger partial charge in [0.1, 0.15) is 0 Å². The predicted molar refractivity (Wildman–Crippen MR) is 86.3 cm³/mol. The lowest BCUT2D eigenvalue weighted by atomic mass is 9.75.